The van der Waals surface area contributed by atoms with Crippen LogP contribution in [0.1, 0.15) is 17.3 Å². The SMILES string of the molecule is CCOC(=O)c1ccc2nn(C)nc2c1. The fourth-order valence-electron chi connectivity index (χ4n) is 1.36. The average Bonchev–Trinajstić information content (AvgIpc) is 2.57. The zero-order chi connectivity index (χ0) is 10.8. The summed E-state index contributed by atoms with van der Waals surface area (Å²) in [6, 6.07) is 5.13. The summed E-state index contributed by atoms with van der Waals surface area (Å²) in [5, 5.41) is 8.23. The number of fused-ring (bicyclic) bond motifs is 1. The molecule has 0 aliphatic carbocycles. The van der Waals surface area contributed by atoms with Crippen molar-refractivity contribution in [3.63, 3.8) is 0 Å². The number of nitrogens with zero attached hydrogens (tertiary/aromatic N) is 3. The van der Waals surface area contributed by atoms with E-state index in [2.05, 4.69) is 10.2 Å². The molecular formula is C10H11N3O2. The number of rotatable bonds is 2. The monoisotopic (exact) mass is 205 g/mol. The quantitative estimate of drug-likeness (QED) is 0.690. The lowest BCUT2D eigenvalue weighted by Crippen LogP contribution is -2.04. The van der Waals surface area contributed by atoms with Crippen LogP contribution in [0.4, 0.5) is 0 Å². The summed E-state index contributed by atoms with van der Waals surface area (Å²) in [5.74, 6) is -0.329. The molecule has 0 spiro atoms. The maximum absolute atomic E-state index is 11.4. The molecule has 0 unspecified atom stereocenters. The van der Waals surface area contributed by atoms with Crippen LogP contribution in [-0.2, 0) is 11.8 Å². The number of aromatic nitrogens is 3. The topological polar surface area (TPSA) is 57.0 Å². The van der Waals surface area contributed by atoms with Gasteiger partial charge in [-0.25, -0.2) is 4.79 Å². The molecular weight excluding hydrogens is 194 g/mol. The number of hydrogen-bond acceptors (Lipinski definition) is 4. The van der Waals surface area contributed by atoms with E-state index in [-0.39, 0.29) is 5.97 Å². The van der Waals surface area contributed by atoms with Crippen molar-refractivity contribution in [3.8, 4) is 0 Å². The molecule has 1 heterocycles. The van der Waals surface area contributed by atoms with Gasteiger partial charge in [-0.3, -0.25) is 0 Å². The van der Waals surface area contributed by atoms with Crippen molar-refractivity contribution in [1.82, 2.24) is 15.0 Å². The van der Waals surface area contributed by atoms with E-state index < -0.39 is 0 Å². The van der Waals surface area contributed by atoms with E-state index in [1.54, 1.807) is 32.2 Å². The highest BCUT2D eigenvalue weighted by Gasteiger charge is 2.08. The maximum atomic E-state index is 11.4. The Labute approximate surface area is 86.6 Å². The van der Waals surface area contributed by atoms with E-state index >= 15 is 0 Å². The lowest BCUT2D eigenvalue weighted by atomic mass is 10.2. The van der Waals surface area contributed by atoms with Gasteiger partial charge in [0, 0.05) is 7.05 Å². The molecule has 0 aliphatic rings. The molecule has 5 nitrogen and oxygen atoms in total. The summed E-state index contributed by atoms with van der Waals surface area (Å²) < 4.78 is 4.89. The molecule has 0 amide bonds. The zero-order valence-electron chi connectivity index (χ0n) is 8.60. The lowest BCUT2D eigenvalue weighted by molar-refractivity contribution is 0.0526. The Bertz CT molecular complexity index is 504. The number of aryl methyl sites for hydroxylation is 1. The molecule has 2 aromatic rings. The van der Waals surface area contributed by atoms with Crippen molar-refractivity contribution in [1.29, 1.82) is 0 Å². The minimum absolute atomic E-state index is 0.329. The summed E-state index contributed by atoms with van der Waals surface area (Å²) in [6.45, 7) is 2.15. The maximum Gasteiger partial charge on any atom is 0.338 e. The standard InChI is InChI=1S/C10H11N3O2/c1-3-15-10(14)7-4-5-8-9(6-7)12-13(2)11-8/h4-6H,3H2,1-2H3. The Hall–Kier alpha value is -1.91. The number of ether oxygens (including phenoxy) is 1. The van der Waals surface area contributed by atoms with Crippen molar-refractivity contribution in [2.24, 2.45) is 7.05 Å². The van der Waals surface area contributed by atoms with Crippen molar-refractivity contribution in [3.05, 3.63) is 23.8 Å². The minimum atomic E-state index is -0.329. The van der Waals surface area contributed by atoms with Crippen molar-refractivity contribution in [2.75, 3.05) is 6.61 Å². The minimum Gasteiger partial charge on any atom is -0.462 e. The molecule has 5 heteroatoms. The smallest absolute Gasteiger partial charge is 0.338 e. The Morgan fingerprint density at radius 3 is 2.87 bits per heavy atom. The average molecular weight is 205 g/mol. The molecule has 0 saturated carbocycles. The highest BCUT2D eigenvalue weighted by atomic mass is 16.5. The zero-order valence-corrected chi connectivity index (χ0v) is 8.60. The third-order valence-corrected chi connectivity index (χ3v) is 1.99. The highest BCUT2D eigenvalue weighted by Crippen LogP contribution is 2.12. The second-order valence-electron chi connectivity index (χ2n) is 3.11. The van der Waals surface area contributed by atoms with Crippen LogP contribution in [0.15, 0.2) is 18.2 Å². The molecule has 0 atom stereocenters. The van der Waals surface area contributed by atoms with Crippen LogP contribution < -0.4 is 0 Å². The van der Waals surface area contributed by atoms with Crippen LogP contribution in [0.5, 0.6) is 0 Å². The summed E-state index contributed by atoms with van der Waals surface area (Å²) in [6.07, 6.45) is 0. The van der Waals surface area contributed by atoms with E-state index in [9.17, 15) is 4.79 Å². The van der Waals surface area contributed by atoms with E-state index in [1.807, 2.05) is 0 Å². The van der Waals surface area contributed by atoms with Crippen LogP contribution in [0.3, 0.4) is 0 Å². The summed E-state index contributed by atoms with van der Waals surface area (Å²) >= 11 is 0. The van der Waals surface area contributed by atoms with Crippen LogP contribution in [-0.4, -0.2) is 27.6 Å². The molecule has 1 aromatic heterocycles. The van der Waals surface area contributed by atoms with Crippen molar-refractivity contribution < 1.29 is 9.53 Å². The number of hydrogen-bond donors (Lipinski definition) is 0. The first kappa shape index (κ1) is 9.64. The first-order valence-corrected chi connectivity index (χ1v) is 4.69. The fraction of sp³-hybridized carbons (Fsp3) is 0.300. The second kappa shape index (κ2) is 3.68. The molecule has 0 radical (unpaired) electrons. The molecule has 1 aromatic carbocycles. The van der Waals surface area contributed by atoms with E-state index in [1.165, 1.54) is 4.80 Å². The number of carbonyl (C=O) groups is 1. The fourth-order valence-corrected chi connectivity index (χ4v) is 1.36. The van der Waals surface area contributed by atoms with Crippen LogP contribution in [0, 0.1) is 0 Å². The Balaban J connectivity index is 2.41. The van der Waals surface area contributed by atoms with Gasteiger partial charge < -0.3 is 4.74 Å². The van der Waals surface area contributed by atoms with Gasteiger partial charge in [-0.1, -0.05) is 0 Å². The molecule has 0 N–H and O–H groups in total. The number of benzene rings is 1. The molecule has 0 saturated heterocycles. The van der Waals surface area contributed by atoms with E-state index in [0.29, 0.717) is 17.7 Å². The van der Waals surface area contributed by atoms with E-state index in [4.69, 9.17) is 4.74 Å². The van der Waals surface area contributed by atoms with Gasteiger partial charge in [0.1, 0.15) is 11.0 Å². The van der Waals surface area contributed by atoms with Gasteiger partial charge in [0.05, 0.1) is 12.2 Å². The number of esters is 1. The van der Waals surface area contributed by atoms with Crippen LogP contribution >= 0.6 is 0 Å². The number of carbonyl (C=O) groups excluding carboxylic acids is 1. The van der Waals surface area contributed by atoms with Gasteiger partial charge in [0.15, 0.2) is 0 Å². The Morgan fingerprint density at radius 2 is 2.13 bits per heavy atom. The first-order chi connectivity index (χ1) is 7.20. The molecule has 0 bridgehead atoms. The highest BCUT2D eigenvalue weighted by molar-refractivity contribution is 5.93. The third-order valence-electron chi connectivity index (χ3n) is 1.99. The first-order valence-electron chi connectivity index (χ1n) is 4.69. The van der Waals surface area contributed by atoms with Gasteiger partial charge in [-0.2, -0.15) is 15.0 Å². The van der Waals surface area contributed by atoms with Gasteiger partial charge in [0.25, 0.3) is 0 Å². The third kappa shape index (κ3) is 1.81. The summed E-state index contributed by atoms with van der Waals surface area (Å²) in [5.41, 5.74) is 1.97. The molecule has 15 heavy (non-hydrogen) atoms. The summed E-state index contributed by atoms with van der Waals surface area (Å²) in [4.78, 5) is 12.9. The van der Waals surface area contributed by atoms with Crippen molar-refractivity contribution >= 4 is 17.0 Å². The van der Waals surface area contributed by atoms with Gasteiger partial charge in [-0.15, -0.1) is 0 Å². The summed E-state index contributed by atoms with van der Waals surface area (Å²) in [7, 11) is 1.74. The molecule has 2 rings (SSSR count). The Morgan fingerprint density at radius 1 is 1.40 bits per heavy atom. The second-order valence-corrected chi connectivity index (χ2v) is 3.11. The predicted molar refractivity (Wildman–Crippen MR) is 54.5 cm³/mol. The normalized spacial score (nSPS) is 10.5. The van der Waals surface area contributed by atoms with Crippen LogP contribution in [0.2, 0.25) is 0 Å². The lowest BCUT2D eigenvalue weighted by Gasteiger charge is -1.99. The van der Waals surface area contributed by atoms with Crippen LogP contribution in [0.25, 0.3) is 11.0 Å². The Kier molecular flexibility index (Phi) is 2.37. The molecule has 0 fully saturated rings. The van der Waals surface area contributed by atoms with Gasteiger partial charge in [-0.05, 0) is 25.1 Å². The van der Waals surface area contributed by atoms with E-state index in [0.717, 1.165) is 5.52 Å². The van der Waals surface area contributed by atoms with Gasteiger partial charge in [0.2, 0.25) is 0 Å². The molecule has 0 aliphatic heterocycles. The molecule has 78 valence electrons. The predicted octanol–water partition coefficient (Wildman–Crippen LogP) is 1.15. The van der Waals surface area contributed by atoms with Gasteiger partial charge >= 0.3 is 5.97 Å². The largest absolute Gasteiger partial charge is 0.462 e. The van der Waals surface area contributed by atoms with Crippen molar-refractivity contribution in [2.45, 2.75) is 6.92 Å².